The van der Waals surface area contributed by atoms with Crippen molar-refractivity contribution < 1.29 is 27.4 Å². The van der Waals surface area contributed by atoms with E-state index in [1.54, 1.807) is 0 Å². The average molecular weight is 284 g/mol. The van der Waals surface area contributed by atoms with Crippen LogP contribution in [0.4, 0.5) is 13.2 Å². The highest BCUT2D eigenvalue weighted by molar-refractivity contribution is 6.06. The Morgan fingerprint density at radius 3 is 2.30 bits per heavy atom. The fraction of sp³-hybridized carbons (Fsp3) is 0.214. The largest absolute Gasteiger partial charge is 0.496 e. The van der Waals surface area contributed by atoms with Crippen molar-refractivity contribution in [2.24, 2.45) is 0 Å². The molecule has 0 spiro atoms. The van der Waals surface area contributed by atoms with Crippen LogP contribution in [0.1, 0.15) is 15.9 Å². The topological polar surface area (TPSA) is 35.5 Å². The Hall–Kier alpha value is -2.24. The molecule has 2 aromatic rings. The van der Waals surface area contributed by atoms with Gasteiger partial charge in [-0.25, -0.2) is 4.79 Å². The molecule has 0 radical (unpaired) electrons. The molecule has 0 fully saturated rings. The quantitative estimate of drug-likeness (QED) is 0.790. The van der Waals surface area contributed by atoms with E-state index < -0.39 is 17.7 Å². The third-order valence-electron chi connectivity index (χ3n) is 2.93. The lowest BCUT2D eigenvalue weighted by atomic mass is 9.99. The van der Waals surface area contributed by atoms with E-state index in [1.165, 1.54) is 44.6 Å². The Morgan fingerprint density at radius 1 is 1.05 bits per heavy atom. The van der Waals surface area contributed by atoms with Crippen molar-refractivity contribution in [3.63, 3.8) is 0 Å². The van der Waals surface area contributed by atoms with Crippen LogP contribution in [0, 0.1) is 0 Å². The first-order chi connectivity index (χ1) is 9.40. The second kappa shape index (κ2) is 5.03. The zero-order chi connectivity index (χ0) is 14.9. The maximum atomic E-state index is 13.2. The van der Waals surface area contributed by atoms with Crippen LogP contribution in [0.2, 0.25) is 0 Å². The fourth-order valence-electron chi connectivity index (χ4n) is 2.09. The third-order valence-corrected chi connectivity index (χ3v) is 2.93. The van der Waals surface area contributed by atoms with Crippen LogP contribution in [0.3, 0.4) is 0 Å². The molecular formula is C14H11F3O3. The van der Waals surface area contributed by atoms with Crippen LogP contribution < -0.4 is 4.74 Å². The first-order valence-electron chi connectivity index (χ1n) is 5.65. The number of methoxy groups -OCH3 is 2. The van der Waals surface area contributed by atoms with Gasteiger partial charge < -0.3 is 9.47 Å². The first kappa shape index (κ1) is 14.2. The molecule has 2 rings (SSSR count). The monoisotopic (exact) mass is 284 g/mol. The van der Waals surface area contributed by atoms with Crippen molar-refractivity contribution in [3.05, 3.63) is 41.5 Å². The summed E-state index contributed by atoms with van der Waals surface area (Å²) in [5.74, 6) is -0.971. The Labute approximate surface area is 112 Å². The zero-order valence-electron chi connectivity index (χ0n) is 10.7. The van der Waals surface area contributed by atoms with Crippen molar-refractivity contribution in [1.29, 1.82) is 0 Å². The van der Waals surface area contributed by atoms with Gasteiger partial charge in [-0.05, 0) is 29.0 Å². The summed E-state index contributed by atoms with van der Waals surface area (Å²) in [6.07, 6.45) is -4.58. The van der Waals surface area contributed by atoms with Gasteiger partial charge in [0.25, 0.3) is 0 Å². The van der Waals surface area contributed by atoms with Gasteiger partial charge in [-0.1, -0.05) is 12.1 Å². The van der Waals surface area contributed by atoms with E-state index in [0.29, 0.717) is 0 Å². The number of hydrogen-bond acceptors (Lipinski definition) is 3. The number of rotatable bonds is 2. The lowest BCUT2D eigenvalue weighted by Crippen LogP contribution is -2.10. The molecule has 2 aromatic carbocycles. The van der Waals surface area contributed by atoms with Crippen LogP contribution in [-0.4, -0.2) is 20.2 Å². The molecule has 0 aromatic heterocycles. The molecular weight excluding hydrogens is 273 g/mol. The summed E-state index contributed by atoms with van der Waals surface area (Å²) >= 11 is 0. The molecule has 0 bridgehead atoms. The molecule has 0 N–H and O–H groups in total. The minimum Gasteiger partial charge on any atom is -0.496 e. The van der Waals surface area contributed by atoms with Crippen LogP contribution in [0.15, 0.2) is 30.3 Å². The molecule has 0 heterocycles. The molecule has 0 amide bonds. The van der Waals surface area contributed by atoms with Gasteiger partial charge in [0, 0.05) is 0 Å². The number of fused-ring (bicyclic) bond motifs is 1. The SMILES string of the molecule is COC(=O)c1cccc2c(C(F)(F)F)c(OC)ccc12. The predicted octanol–water partition coefficient (Wildman–Crippen LogP) is 3.65. The zero-order valence-corrected chi connectivity index (χ0v) is 10.7. The Kier molecular flexibility index (Phi) is 3.57. The van der Waals surface area contributed by atoms with Crippen molar-refractivity contribution in [1.82, 2.24) is 0 Å². The summed E-state index contributed by atoms with van der Waals surface area (Å²) in [6.45, 7) is 0. The summed E-state index contributed by atoms with van der Waals surface area (Å²) in [7, 11) is 2.34. The molecule has 3 nitrogen and oxygen atoms in total. The maximum absolute atomic E-state index is 13.2. The molecule has 0 aliphatic carbocycles. The summed E-state index contributed by atoms with van der Waals surface area (Å²) in [6, 6.07) is 6.70. The molecule has 0 unspecified atom stereocenters. The van der Waals surface area contributed by atoms with Crippen LogP contribution >= 0.6 is 0 Å². The molecule has 20 heavy (non-hydrogen) atoms. The number of esters is 1. The minimum atomic E-state index is -4.58. The van der Waals surface area contributed by atoms with E-state index in [0.717, 1.165) is 0 Å². The molecule has 6 heteroatoms. The van der Waals surface area contributed by atoms with Crippen molar-refractivity contribution in [3.8, 4) is 5.75 Å². The Morgan fingerprint density at radius 2 is 1.75 bits per heavy atom. The highest BCUT2D eigenvalue weighted by atomic mass is 19.4. The molecule has 0 aliphatic heterocycles. The number of alkyl halides is 3. The van der Waals surface area contributed by atoms with Gasteiger partial charge in [-0.15, -0.1) is 0 Å². The number of benzene rings is 2. The lowest BCUT2D eigenvalue weighted by molar-refractivity contribution is -0.137. The average Bonchev–Trinajstić information content (AvgIpc) is 2.43. The van der Waals surface area contributed by atoms with E-state index in [-0.39, 0.29) is 22.1 Å². The lowest BCUT2D eigenvalue weighted by Gasteiger charge is -2.15. The molecule has 0 aliphatic rings. The van der Waals surface area contributed by atoms with Crippen LogP contribution in [0.25, 0.3) is 10.8 Å². The van der Waals surface area contributed by atoms with Gasteiger partial charge in [-0.3, -0.25) is 0 Å². The molecule has 0 saturated carbocycles. The van der Waals surface area contributed by atoms with E-state index in [9.17, 15) is 18.0 Å². The van der Waals surface area contributed by atoms with Gasteiger partial charge >= 0.3 is 12.1 Å². The smallest absolute Gasteiger partial charge is 0.420 e. The molecule has 0 atom stereocenters. The number of hydrogen-bond donors (Lipinski definition) is 0. The van der Waals surface area contributed by atoms with E-state index in [4.69, 9.17) is 4.74 Å². The fourth-order valence-corrected chi connectivity index (χ4v) is 2.09. The predicted molar refractivity (Wildman–Crippen MR) is 66.8 cm³/mol. The van der Waals surface area contributed by atoms with Gasteiger partial charge in [0.2, 0.25) is 0 Å². The summed E-state index contributed by atoms with van der Waals surface area (Å²) in [4.78, 5) is 11.6. The van der Waals surface area contributed by atoms with Crippen molar-refractivity contribution >= 4 is 16.7 Å². The van der Waals surface area contributed by atoms with Gasteiger partial charge in [0.15, 0.2) is 0 Å². The number of carbonyl (C=O) groups excluding carboxylic acids is 1. The van der Waals surface area contributed by atoms with Gasteiger partial charge in [-0.2, -0.15) is 13.2 Å². The van der Waals surface area contributed by atoms with E-state index in [1.807, 2.05) is 0 Å². The Balaban J connectivity index is 2.86. The van der Waals surface area contributed by atoms with Gasteiger partial charge in [0.1, 0.15) is 11.3 Å². The van der Waals surface area contributed by atoms with Crippen LogP contribution in [-0.2, 0) is 10.9 Å². The number of carbonyl (C=O) groups is 1. The second-order valence-electron chi connectivity index (χ2n) is 4.03. The van der Waals surface area contributed by atoms with Crippen molar-refractivity contribution in [2.75, 3.05) is 14.2 Å². The minimum absolute atomic E-state index is 0.0816. The number of halogens is 3. The van der Waals surface area contributed by atoms with Gasteiger partial charge in [0.05, 0.1) is 19.8 Å². The normalized spacial score (nSPS) is 11.4. The second-order valence-corrected chi connectivity index (χ2v) is 4.03. The van der Waals surface area contributed by atoms with E-state index in [2.05, 4.69) is 4.74 Å². The standard InChI is InChI=1S/C14H11F3O3/c1-19-11-7-6-8-9(12(11)14(15,16)17)4-3-5-10(8)13(18)20-2/h3-7H,1-2H3. The first-order valence-corrected chi connectivity index (χ1v) is 5.65. The summed E-state index contributed by atoms with van der Waals surface area (Å²) < 4.78 is 48.9. The molecule has 0 saturated heterocycles. The Bertz CT molecular complexity index is 662. The summed E-state index contributed by atoms with van der Waals surface area (Å²) in [5, 5.41) is 0.0761. The molecule has 106 valence electrons. The number of ether oxygens (including phenoxy) is 2. The summed E-state index contributed by atoms with van der Waals surface area (Å²) in [5.41, 5.74) is -0.818. The highest BCUT2D eigenvalue weighted by Gasteiger charge is 2.36. The maximum Gasteiger partial charge on any atom is 0.420 e. The van der Waals surface area contributed by atoms with Crippen LogP contribution in [0.5, 0.6) is 5.75 Å². The highest BCUT2D eigenvalue weighted by Crippen LogP contribution is 2.41. The van der Waals surface area contributed by atoms with Crippen molar-refractivity contribution in [2.45, 2.75) is 6.18 Å². The van der Waals surface area contributed by atoms with E-state index >= 15 is 0 Å². The third kappa shape index (κ3) is 2.29.